The Kier molecular flexibility index (Phi) is 5.25. The van der Waals surface area contributed by atoms with Crippen LogP contribution in [0.25, 0.3) is 0 Å². The second-order valence-corrected chi connectivity index (χ2v) is 6.54. The third-order valence-corrected chi connectivity index (χ3v) is 4.57. The summed E-state index contributed by atoms with van der Waals surface area (Å²) in [7, 11) is 1.62. The standard InChI is InChI=1S/C19H23N3O4/c1-12-7-18(24)22(21-13(12)2)10-17(23)20-9-14-8-15-5-4-6-16(25-3)19(15)26-11-14/h4-7,14H,8-11H2,1-3H3,(H,20,23)/t14-/m1/s1. The smallest absolute Gasteiger partial charge is 0.267 e. The van der Waals surface area contributed by atoms with E-state index in [1.165, 1.54) is 10.7 Å². The van der Waals surface area contributed by atoms with Gasteiger partial charge in [0.1, 0.15) is 6.54 Å². The Labute approximate surface area is 151 Å². The molecule has 0 unspecified atom stereocenters. The number of ether oxygens (including phenoxy) is 2. The second kappa shape index (κ2) is 7.59. The zero-order valence-electron chi connectivity index (χ0n) is 15.2. The Bertz CT molecular complexity index is 876. The van der Waals surface area contributed by atoms with Crippen molar-refractivity contribution in [2.45, 2.75) is 26.8 Å². The highest BCUT2D eigenvalue weighted by Crippen LogP contribution is 2.35. The topological polar surface area (TPSA) is 82.4 Å². The molecule has 1 atom stereocenters. The molecule has 1 amide bonds. The molecule has 1 aromatic carbocycles. The van der Waals surface area contributed by atoms with Gasteiger partial charge in [-0.3, -0.25) is 9.59 Å². The van der Waals surface area contributed by atoms with Crippen LogP contribution in [0.2, 0.25) is 0 Å². The predicted molar refractivity (Wildman–Crippen MR) is 96.7 cm³/mol. The monoisotopic (exact) mass is 357 g/mol. The van der Waals surface area contributed by atoms with E-state index < -0.39 is 0 Å². The average Bonchev–Trinajstić information content (AvgIpc) is 2.63. The minimum absolute atomic E-state index is 0.0854. The van der Waals surface area contributed by atoms with Gasteiger partial charge >= 0.3 is 0 Å². The SMILES string of the molecule is COc1cccc2c1OC[C@@H](CNC(=O)Cn1nc(C)c(C)cc1=O)C2. The van der Waals surface area contributed by atoms with Gasteiger partial charge in [-0.25, -0.2) is 4.68 Å². The first-order valence-corrected chi connectivity index (χ1v) is 8.58. The molecule has 0 saturated heterocycles. The molecule has 3 rings (SSSR count). The molecule has 1 aliphatic heterocycles. The van der Waals surface area contributed by atoms with Crippen LogP contribution in [0, 0.1) is 19.8 Å². The molecule has 0 saturated carbocycles. The highest BCUT2D eigenvalue weighted by molar-refractivity contribution is 5.75. The molecule has 0 aliphatic carbocycles. The number of aryl methyl sites for hydroxylation is 2. The van der Waals surface area contributed by atoms with Gasteiger partial charge in [0.15, 0.2) is 11.5 Å². The van der Waals surface area contributed by atoms with E-state index in [0.717, 1.165) is 34.7 Å². The van der Waals surface area contributed by atoms with Gasteiger partial charge in [-0.15, -0.1) is 0 Å². The Hall–Kier alpha value is -2.83. The highest BCUT2D eigenvalue weighted by Gasteiger charge is 2.23. The molecule has 138 valence electrons. The number of methoxy groups -OCH3 is 1. The number of hydrogen-bond donors (Lipinski definition) is 1. The maximum Gasteiger partial charge on any atom is 0.267 e. The van der Waals surface area contributed by atoms with Crippen LogP contribution < -0.4 is 20.3 Å². The van der Waals surface area contributed by atoms with Crippen LogP contribution in [-0.4, -0.2) is 35.9 Å². The highest BCUT2D eigenvalue weighted by atomic mass is 16.5. The molecule has 1 aromatic heterocycles. The normalized spacial score (nSPS) is 15.7. The average molecular weight is 357 g/mol. The maximum absolute atomic E-state index is 12.2. The van der Waals surface area contributed by atoms with Crippen LogP contribution in [0.15, 0.2) is 29.1 Å². The summed E-state index contributed by atoms with van der Waals surface area (Å²) in [6.07, 6.45) is 0.800. The quantitative estimate of drug-likeness (QED) is 0.870. The number of hydrogen-bond acceptors (Lipinski definition) is 5. The van der Waals surface area contributed by atoms with Crippen molar-refractivity contribution in [3.63, 3.8) is 0 Å². The summed E-state index contributed by atoms with van der Waals surface area (Å²) in [6, 6.07) is 7.30. The summed E-state index contributed by atoms with van der Waals surface area (Å²) in [5.74, 6) is 1.44. The third-order valence-electron chi connectivity index (χ3n) is 4.57. The number of rotatable bonds is 5. The van der Waals surface area contributed by atoms with E-state index >= 15 is 0 Å². The first-order chi connectivity index (χ1) is 12.5. The molecule has 7 heteroatoms. The van der Waals surface area contributed by atoms with Gasteiger partial charge in [-0.2, -0.15) is 5.10 Å². The van der Waals surface area contributed by atoms with Gasteiger partial charge in [-0.1, -0.05) is 12.1 Å². The van der Waals surface area contributed by atoms with Crippen molar-refractivity contribution in [3.05, 3.63) is 51.4 Å². The van der Waals surface area contributed by atoms with E-state index in [-0.39, 0.29) is 23.9 Å². The van der Waals surface area contributed by atoms with Crippen molar-refractivity contribution in [3.8, 4) is 11.5 Å². The molecule has 0 spiro atoms. The third kappa shape index (κ3) is 3.87. The number of fused-ring (bicyclic) bond motifs is 1. The molecule has 26 heavy (non-hydrogen) atoms. The van der Waals surface area contributed by atoms with E-state index in [2.05, 4.69) is 10.4 Å². The van der Waals surface area contributed by atoms with Crippen LogP contribution in [0.5, 0.6) is 11.5 Å². The second-order valence-electron chi connectivity index (χ2n) is 6.54. The minimum Gasteiger partial charge on any atom is -0.493 e. The summed E-state index contributed by atoms with van der Waals surface area (Å²) >= 11 is 0. The number of nitrogens with one attached hydrogen (secondary N) is 1. The molecule has 2 aromatic rings. The van der Waals surface area contributed by atoms with E-state index in [1.807, 2.05) is 32.0 Å². The Morgan fingerprint density at radius 1 is 1.42 bits per heavy atom. The first-order valence-electron chi connectivity index (χ1n) is 8.58. The number of nitrogens with zero attached hydrogens (tertiary/aromatic N) is 2. The van der Waals surface area contributed by atoms with E-state index in [1.54, 1.807) is 7.11 Å². The zero-order valence-corrected chi connectivity index (χ0v) is 15.2. The summed E-state index contributed by atoms with van der Waals surface area (Å²) in [5, 5.41) is 7.03. The molecule has 7 nitrogen and oxygen atoms in total. The van der Waals surface area contributed by atoms with Crippen molar-refractivity contribution in [2.24, 2.45) is 5.92 Å². The van der Waals surface area contributed by atoms with Gasteiger partial charge in [0, 0.05) is 18.5 Å². The van der Waals surface area contributed by atoms with Gasteiger partial charge in [-0.05, 0) is 37.5 Å². The summed E-state index contributed by atoms with van der Waals surface area (Å²) in [4.78, 5) is 24.1. The molecule has 0 fully saturated rings. The molecular formula is C19H23N3O4. The predicted octanol–water partition coefficient (Wildman–Crippen LogP) is 1.24. The molecule has 0 bridgehead atoms. The van der Waals surface area contributed by atoms with Crippen LogP contribution in [0.3, 0.4) is 0 Å². The van der Waals surface area contributed by atoms with Crippen molar-refractivity contribution in [1.29, 1.82) is 0 Å². The summed E-state index contributed by atoms with van der Waals surface area (Å²) in [5.41, 5.74) is 2.36. The maximum atomic E-state index is 12.2. The molecule has 2 heterocycles. The van der Waals surface area contributed by atoms with Crippen molar-refractivity contribution in [1.82, 2.24) is 15.1 Å². The number of amides is 1. The lowest BCUT2D eigenvalue weighted by atomic mass is 9.96. The van der Waals surface area contributed by atoms with Crippen molar-refractivity contribution >= 4 is 5.91 Å². The summed E-state index contributed by atoms with van der Waals surface area (Å²) < 4.78 is 12.3. The van der Waals surface area contributed by atoms with E-state index in [0.29, 0.717) is 13.2 Å². The minimum atomic E-state index is -0.273. The van der Waals surface area contributed by atoms with Crippen LogP contribution in [0.4, 0.5) is 0 Å². The fourth-order valence-electron chi connectivity index (χ4n) is 2.99. The van der Waals surface area contributed by atoms with Gasteiger partial charge < -0.3 is 14.8 Å². The van der Waals surface area contributed by atoms with Crippen LogP contribution in [-0.2, 0) is 17.8 Å². The van der Waals surface area contributed by atoms with Gasteiger partial charge in [0.2, 0.25) is 5.91 Å². The molecule has 1 N–H and O–H groups in total. The lowest BCUT2D eigenvalue weighted by Gasteiger charge is -2.26. The van der Waals surface area contributed by atoms with Crippen LogP contribution >= 0.6 is 0 Å². The number of aromatic nitrogens is 2. The number of para-hydroxylation sites is 1. The zero-order chi connectivity index (χ0) is 18.7. The van der Waals surface area contributed by atoms with E-state index in [9.17, 15) is 9.59 Å². The fraction of sp³-hybridized carbons (Fsp3) is 0.421. The first kappa shape index (κ1) is 18.0. The van der Waals surface area contributed by atoms with Gasteiger partial charge in [0.25, 0.3) is 5.56 Å². The fourth-order valence-corrected chi connectivity index (χ4v) is 2.99. The van der Waals surface area contributed by atoms with Gasteiger partial charge in [0.05, 0.1) is 19.4 Å². The van der Waals surface area contributed by atoms with Crippen molar-refractivity contribution < 1.29 is 14.3 Å². The number of carbonyl (C=O) groups is 1. The number of carbonyl (C=O) groups excluding carboxylic acids is 1. The Morgan fingerprint density at radius 2 is 2.23 bits per heavy atom. The lowest BCUT2D eigenvalue weighted by molar-refractivity contribution is -0.122. The Morgan fingerprint density at radius 3 is 3.00 bits per heavy atom. The molecule has 0 radical (unpaired) electrons. The summed E-state index contributed by atoms with van der Waals surface area (Å²) in [6.45, 7) is 4.54. The van der Waals surface area contributed by atoms with E-state index in [4.69, 9.17) is 9.47 Å². The van der Waals surface area contributed by atoms with Crippen molar-refractivity contribution in [2.75, 3.05) is 20.3 Å². The largest absolute Gasteiger partial charge is 0.493 e. The Balaban J connectivity index is 1.57. The molecular weight excluding hydrogens is 334 g/mol. The number of benzene rings is 1. The van der Waals surface area contributed by atoms with Crippen LogP contribution in [0.1, 0.15) is 16.8 Å². The molecule has 1 aliphatic rings. The lowest BCUT2D eigenvalue weighted by Crippen LogP contribution is -2.38.